The molecule has 0 radical (unpaired) electrons. The molecule has 3 heteroatoms. The van der Waals surface area contributed by atoms with Crippen molar-refractivity contribution in [1.29, 1.82) is 0 Å². The maximum Gasteiger partial charge on any atom is 0.220 e. The molecule has 2 unspecified atom stereocenters. The molecule has 19 heavy (non-hydrogen) atoms. The minimum Gasteiger partial charge on any atom is -0.371 e. The first kappa shape index (κ1) is 14.1. The van der Waals surface area contributed by atoms with Crippen LogP contribution in [-0.4, -0.2) is 18.6 Å². The molecular formula is C16H23NO2. The molecule has 1 aromatic rings. The van der Waals surface area contributed by atoms with Crippen LogP contribution in [0.5, 0.6) is 0 Å². The Hall–Kier alpha value is -1.35. The minimum absolute atomic E-state index is 0.107. The standard InChI is InChI=1S/C16H23NO2/c1-3-12(2)8-16(18)17-10-15-9-13-6-4-5-7-14(13)11-19-15/h4-7,12,15H,3,8-11H2,1-2H3,(H,17,18). The van der Waals surface area contributed by atoms with Crippen LogP contribution < -0.4 is 5.32 Å². The molecule has 2 atom stereocenters. The average molecular weight is 261 g/mol. The summed E-state index contributed by atoms with van der Waals surface area (Å²) in [7, 11) is 0. The third kappa shape index (κ3) is 4.06. The van der Waals surface area contributed by atoms with Gasteiger partial charge in [-0.15, -0.1) is 0 Å². The van der Waals surface area contributed by atoms with Gasteiger partial charge >= 0.3 is 0 Å². The lowest BCUT2D eigenvalue weighted by atomic mass is 9.99. The molecule has 0 aromatic heterocycles. The monoisotopic (exact) mass is 261 g/mol. The summed E-state index contributed by atoms with van der Waals surface area (Å²) in [4.78, 5) is 11.7. The Balaban J connectivity index is 1.78. The van der Waals surface area contributed by atoms with Gasteiger partial charge in [-0.05, 0) is 17.0 Å². The number of rotatable bonds is 5. The largest absolute Gasteiger partial charge is 0.371 e. The minimum atomic E-state index is 0.107. The fraction of sp³-hybridized carbons (Fsp3) is 0.562. The number of fused-ring (bicyclic) bond motifs is 1. The number of ether oxygens (including phenoxy) is 1. The number of carbonyl (C=O) groups excluding carboxylic acids is 1. The molecule has 1 aliphatic heterocycles. The SMILES string of the molecule is CCC(C)CC(=O)NCC1Cc2ccccc2CO1. The lowest BCUT2D eigenvalue weighted by molar-refractivity contribution is -0.122. The second-order valence-electron chi connectivity index (χ2n) is 5.43. The maximum atomic E-state index is 11.7. The van der Waals surface area contributed by atoms with Gasteiger partial charge in [0, 0.05) is 19.4 Å². The van der Waals surface area contributed by atoms with E-state index in [1.54, 1.807) is 0 Å². The van der Waals surface area contributed by atoms with Crippen LogP contribution in [0.2, 0.25) is 0 Å². The van der Waals surface area contributed by atoms with E-state index in [0.29, 0.717) is 25.5 Å². The first-order chi connectivity index (χ1) is 9.19. The number of hydrogen-bond acceptors (Lipinski definition) is 2. The van der Waals surface area contributed by atoms with Crippen molar-refractivity contribution in [2.24, 2.45) is 5.92 Å². The predicted molar refractivity (Wildman–Crippen MR) is 75.8 cm³/mol. The molecule has 3 nitrogen and oxygen atoms in total. The van der Waals surface area contributed by atoms with Crippen LogP contribution in [0.1, 0.15) is 37.8 Å². The first-order valence-corrected chi connectivity index (χ1v) is 7.14. The third-order valence-corrected chi connectivity index (χ3v) is 3.80. The number of hydrogen-bond donors (Lipinski definition) is 1. The van der Waals surface area contributed by atoms with Crippen LogP contribution >= 0.6 is 0 Å². The summed E-state index contributed by atoms with van der Waals surface area (Å²) in [5.74, 6) is 0.588. The highest BCUT2D eigenvalue weighted by Gasteiger charge is 2.19. The van der Waals surface area contributed by atoms with Crippen molar-refractivity contribution in [1.82, 2.24) is 5.32 Å². The quantitative estimate of drug-likeness (QED) is 0.885. The smallest absolute Gasteiger partial charge is 0.220 e. The summed E-state index contributed by atoms with van der Waals surface area (Å²) in [5.41, 5.74) is 2.61. The van der Waals surface area contributed by atoms with E-state index in [0.717, 1.165) is 12.8 Å². The molecular weight excluding hydrogens is 238 g/mol. The Morgan fingerprint density at radius 3 is 2.89 bits per heavy atom. The van der Waals surface area contributed by atoms with E-state index in [2.05, 4.69) is 37.4 Å². The normalized spacial score (nSPS) is 19.6. The summed E-state index contributed by atoms with van der Waals surface area (Å²) >= 11 is 0. The van der Waals surface area contributed by atoms with E-state index in [4.69, 9.17) is 4.74 Å². The van der Waals surface area contributed by atoms with Crippen molar-refractivity contribution in [3.8, 4) is 0 Å². The van der Waals surface area contributed by atoms with E-state index in [-0.39, 0.29) is 12.0 Å². The Morgan fingerprint density at radius 2 is 2.16 bits per heavy atom. The van der Waals surface area contributed by atoms with Crippen LogP contribution in [0.3, 0.4) is 0 Å². The van der Waals surface area contributed by atoms with Crippen molar-refractivity contribution in [3.05, 3.63) is 35.4 Å². The number of nitrogens with one attached hydrogen (secondary N) is 1. The highest BCUT2D eigenvalue weighted by molar-refractivity contribution is 5.76. The van der Waals surface area contributed by atoms with E-state index < -0.39 is 0 Å². The zero-order chi connectivity index (χ0) is 13.7. The van der Waals surface area contributed by atoms with Crippen LogP contribution in [0.4, 0.5) is 0 Å². The molecule has 0 fully saturated rings. The molecule has 1 amide bonds. The summed E-state index contributed by atoms with van der Waals surface area (Å²) in [5, 5.41) is 2.98. The summed E-state index contributed by atoms with van der Waals surface area (Å²) in [6, 6.07) is 8.35. The van der Waals surface area contributed by atoms with Gasteiger partial charge in [0.15, 0.2) is 0 Å². The Morgan fingerprint density at radius 1 is 1.42 bits per heavy atom. The zero-order valence-corrected chi connectivity index (χ0v) is 11.8. The van der Waals surface area contributed by atoms with Gasteiger partial charge < -0.3 is 10.1 Å². The molecule has 1 aliphatic rings. The second-order valence-corrected chi connectivity index (χ2v) is 5.43. The van der Waals surface area contributed by atoms with E-state index in [1.807, 2.05) is 6.07 Å². The Labute approximate surface area is 115 Å². The molecule has 104 valence electrons. The first-order valence-electron chi connectivity index (χ1n) is 7.14. The fourth-order valence-corrected chi connectivity index (χ4v) is 2.30. The number of amides is 1. The molecule has 0 aliphatic carbocycles. The molecule has 0 bridgehead atoms. The maximum absolute atomic E-state index is 11.7. The van der Waals surface area contributed by atoms with Crippen molar-refractivity contribution in [3.63, 3.8) is 0 Å². The van der Waals surface area contributed by atoms with Gasteiger partial charge in [0.05, 0.1) is 12.7 Å². The topological polar surface area (TPSA) is 38.3 Å². The Kier molecular flexibility index (Phi) is 4.97. The van der Waals surface area contributed by atoms with Gasteiger partial charge in [-0.3, -0.25) is 4.79 Å². The zero-order valence-electron chi connectivity index (χ0n) is 11.8. The highest BCUT2D eigenvalue weighted by Crippen LogP contribution is 2.19. The second kappa shape index (κ2) is 6.71. The van der Waals surface area contributed by atoms with Crippen molar-refractivity contribution >= 4 is 5.91 Å². The van der Waals surface area contributed by atoms with Gasteiger partial charge in [0.2, 0.25) is 5.91 Å². The molecule has 1 aromatic carbocycles. The van der Waals surface area contributed by atoms with Crippen LogP contribution in [0, 0.1) is 5.92 Å². The molecule has 0 spiro atoms. The number of benzene rings is 1. The fourth-order valence-electron chi connectivity index (χ4n) is 2.30. The van der Waals surface area contributed by atoms with E-state index in [9.17, 15) is 4.79 Å². The lowest BCUT2D eigenvalue weighted by Gasteiger charge is -2.25. The molecule has 1 heterocycles. The van der Waals surface area contributed by atoms with E-state index in [1.165, 1.54) is 11.1 Å². The molecule has 0 saturated heterocycles. The summed E-state index contributed by atoms with van der Waals surface area (Å²) < 4.78 is 5.77. The molecule has 0 saturated carbocycles. The van der Waals surface area contributed by atoms with Crippen molar-refractivity contribution < 1.29 is 9.53 Å². The van der Waals surface area contributed by atoms with Crippen molar-refractivity contribution in [2.75, 3.05) is 6.54 Å². The summed E-state index contributed by atoms with van der Waals surface area (Å²) in [6.07, 6.45) is 2.65. The van der Waals surface area contributed by atoms with Gasteiger partial charge in [-0.2, -0.15) is 0 Å². The Bertz CT molecular complexity index is 431. The van der Waals surface area contributed by atoms with Crippen LogP contribution in [0.25, 0.3) is 0 Å². The molecule has 2 rings (SSSR count). The average Bonchev–Trinajstić information content (AvgIpc) is 2.44. The van der Waals surface area contributed by atoms with Crippen LogP contribution in [-0.2, 0) is 22.6 Å². The van der Waals surface area contributed by atoms with E-state index >= 15 is 0 Å². The lowest BCUT2D eigenvalue weighted by Crippen LogP contribution is -2.37. The summed E-state index contributed by atoms with van der Waals surface area (Å²) in [6.45, 7) is 5.48. The molecule has 1 N–H and O–H groups in total. The van der Waals surface area contributed by atoms with Gasteiger partial charge in [0.25, 0.3) is 0 Å². The predicted octanol–water partition coefficient (Wildman–Crippen LogP) is 2.68. The van der Waals surface area contributed by atoms with Crippen LogP contribution in [0.15, 0.2) is 24.3 Å². The van der Waals surface area contributed by atoms with Gasteiger partial charge in [-0.25, -0.2) is 0 Å². The van der Waals surface area contributed by atoms with Gasteiger partial charge in [-0.1, -0.05) is 44.5 Å². The van der Waals surface area contributed by atoms with Gasteiger partial charge in [0.1, 0.15) is 0 Å². The van der Waals surface area contributed by atoms with Crippen molar-refractivity contribution in [2.45, 2.75) is 45.8 Å². The highest BCUT2D eigenvalue weighted by atomic mass is 16.5. The number of carbonyl (C=O) groups is 1. The third-order valence-electron chi connectivity index (χ3n) is 3.80.